The number of aryl methyl sites for hydroxylation is 1. The van der Waals surface area contributed by atoms with Gasteiger partial charge in [0.05, 0.1) is 23.7 Å². The smallest absolute Gasteiger partial charge is 0.387 e. The van der Waals surface area contributed by atoms with E-state index in [1.807, 2.05) is 13.8 Å². The Morgan fingerprint density at radius 3 is 2.48 bits per heavy atom. The number of halogens is 2. The maximum Gasteiger partial charge on any atom is 0.387 e. The zero-order valence-corrected chi connectivity index (χ0v) is 17.7. The van der Waals surface area contributed by atoms with Crippen molar-refractivity contribution in [1.82, 2.24) is 4.98 Å². The van der Waals surface area contributed by atoms with Crippen LogP contribution in [0.1, 0.15) is 35.2 Å². The number of pyridine rings is 1. The minimum atomic E-state index is -3.34. The highest BCUT2D eigenvalue weighted by Gasteiger charge is 2.23. The van der Waals surface area contributed by atoms with E-state index in [0.717, 1.165) is 17.4 Å². The van der Waals surface area contributed by atoms with Crippen LogP contribution in [0.2, 0.25) is 0 Å². The molecule has 1 unspecified atom stereocenters. The molecule has 1 heterocycles. The number of anilines is 1. The summed E-state index contributed by atoms with van der Waals surface area (Å²) in [5, 5.41) is 0. The van der Waals surface area contributed by atoms with Gasteiger partial charge in [-0.1, -0.05) is 6.07 Å². The molecule has 160 valence electrons. The molecule has 0 saturated carbocycles. The fourth-order valence-electron chi connectivity index (χ4n) is 3.04. The molecular formula is C20H26F2N2O4S. The molecule has 0 fully saturated rings. The molecule has 29 heavy (non-hydrogen) atoms. The van der Waals surface area contributed by atoms with Gasteiger partial charge in [-0.25, -0.2) is 8.42 Å². The Balaban J connectivity index is 2.47. The molecule has 1 aromatic carbocycles. The maximum absolute atomic E-state index is 12.6. The Kier molecular flexibility index (Phi) is 7.40. The topological polar surface area (TPSA) is 91.5 Å². The van der Waals surface area contributed by atoms with E-state index in [1.54, 1.807) is 19.2 Å². The average molecular weight is 429 g/mol. The molecule has 1 atom stereocenters. The summed E-state index contributed by atoms with van der Waals surface area (Å²) in [4.78, 5) is 4.37. The highest BCUT2D eigenvalue weighted by molar-refractivity contribution is 7.90. The SMILES string of the molecule is CCOc1cc(C(Cc2ncc(C)c(C)c2N)CS(C)(=O)=O)ccc1OC(F)F. The lowest BCUT2D eigenvalue weighted by Gasteiger charge is -2.20. The first-order valence-corrected chi connectivity index (χ1v) is 11.2. The molecule has 0 spiro atoms. The minimum absolute atomic E-state index is 0.104. The van der Waals surface area contributed by atoms with E-state index in [2.05, 4.69) is 9.72 Å². The molecule has 0 bridgehead atoms. The molecule has 2 N–H and O–H groups in total. The van der Waals surface area contributed by atoms with Crippen LogP contribution in [0.15, 0.2) is 24.4 Å². The van der Waals surface area contributed by atoms with E-state index in [-0.39, 0.29) is 30.3 Å². The largest absolute Gasteiger partial charge is 0.490 e. The molecule has 6 nitrogen and oxygen atoms in total. The van der Waals surface area contributed by atoms with Gasteiger partial charge in [0.1, 0.15) is 9.84 Å². The monoisotopic (exact) mass is 428 g/mol. The summed E-state index contributed by atoms with van der Waals surface area (Å²) in [6, 6.07) is 4.46. The minimum Gasteiger partial charge on any atom is -0.490 e. The van der Waals surface area contributed by atoms with Gasteiger partial charge in [0.25, 0.3) is 0 Å². The van der Waals surface area contributed by atoms with Crippen molar-refractivity contribution in [3.05, 3.63) is 46.8 Å². The average Bonchev–Trinajstić information content (AvgIpc) is 2.61. The van der Waals surface area contributed by atoms with E-state index in [0.29, 0.717) is 16.9 Å². The van der Waals surface area contributed by atoms with Crippen molar-refractivity contribution in [2.75, 3.05) is 24.3 Å². The Hall–Kier alpha value is -2.42. The van der Waals surface area contributed by atoms with E-state index >= 15 is 0 Å². The number of nitrogen functional groups attached to an aromatic ring is 1. The number of sulfone groups is 1. The third-order valence-electron chi connectivity index (χ3n) is 4.62. The van der Waals surface area contributed by atoms with Gasteiger partial charge in [-0.3, -0.25) is 4.98 Å². The normalized spacial score (nSPS) is 12.8. The first-order chi connectivity index (χ1) is 13.5. The Morgan fingerprint density at radius 1 is 1.21 bits per heavy atom. The van der Waals surface area contributed by atoms with Crippen LogP contribution in [0, 0.1) is 13.8 Å². The molecule has 0 aliphatic carbocycles. The van der Waals surface area contributed by atoms with E-state index in [4.69, 9.17) is 10.5 Å². The third kappa shape index (κ3) is 6.28. The zero-order chi connectivity index (χ0) is 21.8. The number of alkyl halides is 2. The fraction of sp³-hybridized carbons (Fsp3) is 0.450. The molecule has 2 aromatic rings. The third-order valence-corrected chi connectivity index (χ3v) is 5.63. The lowest BCUT2D eigenvalue weighted by atomic mass is 9.93. The van der Waals surface area contributed by atoms with Gasteiger partial charge in [0.15, 0.2) is 11.5 Å². The van der Waals surface area contributed by atoms with E-state index in [9.17, 15) is 17.2 Å². The molecule has 0 aliphatic rings. The van der Waals surface area contributed by atoms with Crippen LogP contribution in [0.3, 0.4) is 0 Å². The van der Waals surface area contributed by atoms with Crippen molar-refractivity contribution in [1.29, 1.82) is 0 Å². The molecule has 0 radical (unpaired) electrons. The first kappa shape index (κ1) is 22.9. The fourth-order valence-corrected chi connectivity index (χ4v) is 4.09. The molecule has 1 aromatic heterocycles. The number of aromatic nitrogens is 1. The zero-order valence-electron chi connectivity index (χ0n) is 16.9. The summed E-state index contributed by atoms with van der Waals surface area (Å²) < 4.78 is 59.3. The van der Waals surface area contributed by atoms with Crippen molar-refractivity contribution < 1.29 is 26.7 Å². The molecule has 2 rings (SSSR count). The van der Waals surface area contributed by atoms with Crippen LogP contribution in [0.5, 0.6) is 11.5 Å². The predicted octanol–water partition coefficient (Wildman–Crippen LogP) is 3.65. The summed E-state index contributed by atoms with van der Waals surface area (Å²) in [5.74, 6) is -0.610. The molecular weight excluding hydrogens is 402 g/mol. The highest BCUT2D eigenvalue weighted by atomic mass is 32.2. The summed E-state index contributed by atoms with van der Waals surface area (Å²) in [7, 11) is -3.34. The number of ether oxygens (including phenoxy) is 2. The number of rotatable bonds is 9. The van der Waals surface area contributed by atoms with Crippen LogP contribution >= 0.6 is 0 Å². The number of nitrogens with two attached hydrogens (primary N) is 1. The Bertz CT molecular complexity index is 965. The number of hydrogen-bond acceptors (Lipinski definition) is 6. The predicted molar refractivity (Wildman–Crippen MR) is 109 cm³/mol. The van der Waals surface area contributed by atoms with Crippen molar-refractivity contribution in [2.45, 2.75) is 39.7 Å². The number of benzene rings is 1. The van der Waals surface area contributed by atoms with Crippen LogP contribution in [-0.4, -0.2) is 38.6 Å². The second-order valence-corrected chi connectivity index (χ2v) is 9.12. The van der Waals surface area contributed by atoms with Gasteiger partial charge in [-0.15, -0.1) is 0 Å². The molecule has 9 heteroatoms. The molecule has 0 amide bonds. The maximum atomic E-state index is 12.6. The van der Waals surface area contributed by atoms with Crippen LogP contribution in [0.4, 0.5) is 14.5 Å². The van der Waals surface area contributed by atoms with Crippen molar-refractivity contribution in [2.24, 2.45) is 0 Å². The van der Waals surface area contributed by atoms with E-state index < -0.39 is 22.4 Å². The lowest BCUT2D eigenvalue weighted by Crippen LogP contribution is -2.18. The summed E-state index contributed by atoms with van der Waals surface area (Å²) in [5.41, 5.74) is 9.75. The first-order valence-electron chi connectivity index (χ1n) is 9.11. The highest BCUT2D eigenvalue weighted by Crippen LogP contribution is 2.34. The van der Waals surface area contributed by atoms with Crippen LogP contribution in [0.25, 0.3) is 0 Å². The van der Waals surface area contributed by atoms with Crippen molar-refractivity contribution >= 4 is 15.5 Å². The van der Waals surface area contributed by atoms with Crippen molar-refractivity contribution in [3.8, 4) is 11.5 Å². The summed E-state index contributed by atoms with van der Waals surface area (Å²) in [6.45, 7) is 2.74. The summed E-state index contributed by atoms with van der Waals surface area (Å²) >= 11 is 0. The van der Waals surface area contributed by atoms with Crippen LogP contribution < -0.4 is 15.2 Å². The van der Waals surface area contributed by atoms with Gasteiger partial charge in [-0.05, 0) is 56.0 Å². The van der Waals surface area contributed by atoms with Gasteiger partial charge in [-0.2, -0.15) is 8.78 Å². The second-order valence-electron chi connectivity index (χ2n) is 6.94. The summed E-state index contributed by atoms with van der Waals surface area (Å²) in [6.07, 6.45) is 3.12. The number of hydrogen-bond donors (Lipinski definition) is 1. The number of nitrogens with zero attached hydrogens (tertiary/aromatic N) is 1. The van der Waals surface area contributed by atoms with Crippen LogP contribution in [-0.2, 0) is 16.3 Å². The van der Waals surface area contributed by atoms with Crippen molar-refractivity contribution in [3.63, 3.8) is 0 Å². The van der Waals surface area contributed by atoms with Gasteiger partial charge < -0.3 is 15.2 Å². The Morgan fingerprint density at radius 2 is 1.90 bits per heavy atom. The lowest BCUT2D eigenvalue weighted by molar-refractivity contribution is -0.0514. The quantitative estimate of drug-likeness (QED) is 0.656. The standard InChI is InChI=1S/C20H26F2N2O4S/c1-5-27-18-9-14(6-7-17(18)28-20(21)22)15(11-29(4,25)26)8-16-19(23)13(3)12(2)10-24-16/h6-7,9-10,15,20H,5,8,11,23H2,1-4H3. The molecule has 0 saturated heterocycles. The van der Waals surface area contributed by atoms with Gasteiger partial charge >= 0.3 is 6.61 Å². The second kappa shape index (κ2) is 9.39. The Labute approximate surface area is 170 Å². The molecule has 0 aliphatic heterocycles. The van der Waals surface area contributed by atoms with Gasteiger partial charge in [0.2, 0.25) is 0 Å². The van der Waals surface area contributed by atoms with Gasteiger partial charge in [0, 0.05) is 18.4 Å². The van der Waals surface area contributed by atoms with E-state index in [1.165, 1.54) is 12.1 Å².